The number of aromatic carboxylic acids is 1. The van der Waals surface area contributed by atoms with Crippen molar-refractivity contribution in [2.24, 2.45) is 11.0 Å². The van der Waals surface area contributed by atoms with E-state index in [1.165, 1.54) is 6.07 Å². The van der Waals surface area contributed by atoms with Gasteiger partial charge < -0.3 is 10.0 Å². The zero-order chi connectivity index (χ0) is 15.6. The minimum Gasteiger partial charge on any atom is -0.478 e. The Morgan fingerprint density at radius 2 is 2.19 bits per heavy atom. The molecule has 1 aromatic rings. The van der Waals surface area contributed by atoms with Crippen molar-refractivity contribution in [1.82, 2.24) is 0 Å². The van der Waals surface area contributed by atoms with Gasteiger partial charge in [-0.2, -0.15) is 0 Å². The van der Waals surface area contributed by atoms with Crippen molar-refractivity contribution in [3.05, 3.63) is 39.3 Å². The van der Waals surface area contributed by atoms with Crippen LogP contribution in [0.3, 0.4) is 0 Å². The molecule has 2 rings (SSSR count). The first-order valence-electron chi connectivity index (χ1n) is 6.60. The number of carbonyl (C=O) groups is 2. The van der Waals surface area contributed by atoms with Gasteiger partial charge in [-0.3, -0.25) is 4.79 Å². The first-order chi connectivity index (χ1) is 9.95. The van der Waals surface area contributed by atoms with E-state index in [1.54, 1.807) is 17.9 Å². The van der Waals surface area contributed by atoms with Crippen LogP contribution in [-0.4, -0.2) is 30.1 Å². The molecule has 1 aliphatic rings. The molecule has 1 heterocycles. The Balaban J connectivity index is 2.30. The second kappa shape index (κ2) is 5.85. The summed E-state index contributed by atoms with van der Waals surface area (Å²) in [6.07, 6.45) is 0.345. The first kappa shape index (κ1) is 14.9. The van der Waals surface area contributed by atoms with Gasteiger partial charge in [-0.05, 0) is 48.6 Å². The number of anilines is 1. The molecule has 0 spiro atoms. The fraction of sp³-hybridized carbons (Fsp3) is 0.429. The Hall–Kier alpha value is -2.53. The molecule has 1 unspecified atom stereocenters. The van der Waals surface area contributed by atoms with E-state index in [9.17, 15) is 9.59 Å². The summed E-state index contributed by atoms with van der Waals surface area (Å²) in [6.45, 7) is 4.33. The van der Waals surface area contributed by atoms with Crippen LogP contribution in [0, 0.1) is 19.8 Å². The molecule has 7 nitrogen and oxygen atoms in total. The predicted molar refractivity (Wildman–Crippen MR) is 77.3 cm³/mol. The maximum atomic E-state index is 12.1. The highest BCUT2D eigenvalue weighted by molar-refractivity contribution is 5.98. The Bertz CT molecular complexity index is 650. The van der Waals surface area contributed by atoms with Crippen LogP contribution in [0.5, 0.6) is 0 Å². The van der Waals surface area contributed by atoms with Crippen molar-refractivity contribution >= 4 is 17.6 Å². The number of hydrogen-bond donors (Lipinski definition) is 1. The molecule has 0 bridgehead atoms. The van der Waals surface area contributed by atoms with Gasteiger partial charge >= 0.3 is 5.97 Å². The standard InChI is InChI=1S/C14H16N4O3/c1-8-9(2)12(4-3-11(8)14(20)21)18-7-10(5-13(18)19)6-16-17-15/h3-4,10H,5-7H2,1-2H3,(H,20,21). The summed E-state index contributed by atoms with van der Waals surface area (Å²) in [7, 11) is 0. The van der Waals surface area contributed by atoms with Crippen molar-refractivity contribution in [2.45, 2.75) is 20.3 Å². The van der Waals surface area contributed by atoms with Crippen LogP contribution in [0.2, 0.25) is 0 Å². The van der Waals surface area contributed by atoms with Gasteiger partial charge in [-0.15, -0.1) is 0 Å². The molecule has 110 valence electrons. The van der Waals surface area contributed by atoms with Gasteiger partial charge in [0, 0.05) is 30.1 Å². The van der Waals surface area contributed by atoms with Crippen LogP contribution in [0.15, 0.2) is 17.2 Å². The molecule has 21 heavy (non-hydrogen) atoms. The average molecular weight is 288 g/mol. The van der Waals surface area contributed by atoms with Crippen molar-refractivity contribution in [1.29, 1.82) is 0 Å². The molecule has 1 fully saturated rings. The fourth-order valence-electron chi connectivity index (χ4n) is 2.62. The second-order valence-electron chi connectivity index (χ2n) is 5.18. The second-order valence-corrected chi connectivity index (χ2v) is 5.18. The van der Waals surface area contributed by atoms with Crippen molar-refractivity contribution < 1.29 is 14.7 Å². The molecule has 1 aromatic carbocycles. The van der Waals surface area contributed by atoms with Gasteiger partial charge in [-0.1, -0.05) is 5.11 Å². The molecular weight excluding hydrogens is 272 g/mol. The minimum absolute atomic E-state index is 0.00672. The molecule has 1 atom stereocenters. The van der Waals surface area contributed by atoms with E-state index in [2.05, 4.69) is 10.0 Å². The number of nitrogens with zero attached hydrogens (tertiary/aromatic N) is 4. The smallest absolute Gasteiger partial charge is 0.335 e. The normalized spacial score (nSPS) is 17.7. The van der Waals surface area contributed by atoms with Gasteiger partial charge in [0.25, 0.3) is 0 Å². The topological polar surface area (TPSA) is 106 Å². The molecule has 0 saturated carbocycles. The summed E-state index contributed by atoms with van der Waals surface area (Å²) in [5, 5.41) is 12.6. The van der Waals surface area contributed by atoms with Crippen LogP contribution in [0.1, 0.15) is 27.9 Å². The van der Waals surface area contributed by atoms with Crippen LogP contribution >= 0.6 is 0 Å². The molecule has 0 radical (unpaired) electrons. The minimum atomic E-state index is -0.976. The van der Waals surface area contributed by atoms with E-state index < -0.39 is 5.97 Å². The third-order valence-corrected chi connectivity index (χ3v) is 3.89. The Kier molecular flexibility index (Phi) is 4.14. The fourth-order valence-corrected chi connectivity index (χ4v) is 2.62. The number of carboxylic acid groups (broad SMARTS) is 1. The Morgan fingerprint density at radius 1 is 1.48 bits per heavy atom. The van der Waals surface area contributed by atoms with Crippen molar-refractivity contribution in [3.8, 4) is 0 Å². The van der Waals surface area contributed by atoms with Gasteiger partial charge in [0.2, 0.25) is 5.91 Å². The van der Waals surface area contributed by atoms with Crippen LogP contribution in [0.4, 0.5) is 5.69 Å². The van der Waals surface area contributed by atoms with Gasteiger partial charge in [0.1, 0.15) is 0 Å². The van der Waals surface area contributed by atoms with E-state index in [4.69, 9.17) is 10.6 Å². The predicted octanol–water partition coefficient (Wildman–Crippen LogP) is 2.66. The molecule has 7 heteroatoms. The van der Waals surface area contributed by atoms with Crippen LogP contribution in [-0.2, 0) is 4.79 Å². The molecule has 1 N–H and O–H groups in total. The number of hydrogen-bond acceptors (Lipinski definition) is 3. The quantitative estimate of drug-likeness (QED) is 0.522. The molecule has 0 aliphatic carbocycles. The van der Waals surface area contributed by atoms with E-state index in [0.29, 0.717) is 25.1 Å². The van der Waals surface area contributed by atoms with Gasteiger partial charge in [-0.25, -0.2) is 4.79 Å². The SMILES string of the molecule is Cc1c(C(=O)O)ccc(N2CC(CN=[N+]=[N-])CC2=O)c1C. The molecule has 1 saturated heterocycles. The molecular formula is C14H16N4O3. The summed E-state index contributed by atoms with van der Waals surface area (Å²) < 4.78 is 0. The summed E-state index contributed by atoms with van der Waals surface area (Å²) >= 11 is 0. The lowest BCUT2D eigenvalue weighted by Gasteiger charge is -2.21. The lowest BCUT2D eigenvalue weighted by Crippen LogP contribution is -2.26. The van der Waals surface area contributed by atoms with E-state index in [-0.39, 0.29) is 17.4 Å². The van der Waals surface area contributed by atoms with Crippen LogP contribution in [0.25, 0.3) is 10.4 Å². The number of carbonyl (C=O) groups excluding carboxylic acids is 1. The zero-order valence-electron chi connectivity index (χ0n) is 11.9. The van der Waals surface area contributed by atoms with Crippen LogP contribution < -0.4 is 4.90 Å². The van der Waals surface area contributed by atoms with Crippen molar-refractivity contribution in [2.75, 3.05) is 18.0 Å². The highest BCUT2D eigenvalue weighted by Crippen LogP contribution is 2.31. The summed E-state index contributed by atoms with van der Waals surface area (Å²) in [6, 6.07) is 3.19. The van der Waals surface area contributed by atoms with E-state index in [0.717, 1.165) is 11.3 Å². The third-order valence-electron chi connectivity index (χ3n) is 3.89. The highest BCUT2D eigenvalue weighted by atomic mass is 16.4. The molecule has 1 aliphatic heterocycles. The number of carboxylic acids is 1. The Morgan fingerprint density at radius 3 is 2.81 bits per heavy atom. The molecule has 1 amide bonds. The van der Waals surface area contributed by atoms with E-state index >= 15 is 0 Å². The summed E-state index contributed by atoms with van der Waals surface area (Å²) in [5.41, 5.74) is 10.8. The number of azide groups is 1. The largest absolute Gasteiger partial charge is 0.478 e. The number of amides is 1. The third kappa shape index (κ3) is 2.83. The summed E-state index contributed by atoms with van der Waals surface area (Å²) in [4.78, 5) is 27.6. The monoisotopic (exact) mass is 288 g/mol. The average Bonchev–Trinajstić information content (AvgIpc) is 2.80. The summed E-state index contributed by atoms with van der Waals surface area (Å²) in [5.74, 6) is -0.998. The van der Waals surface area contributed by atoms with Crippen molar-refractivity contribution in [3.63, 3.8) is 0 Å². The van der Waals surface area contributed by atoms with E-state index in [1.807, 2.05) is 6.92 Å². The number of rotatable bonds is 4. The zero-order valence-corrected chi connectivity index (χ0v) is 11.9. The Labute approximate surface area is 121 Å². The number of benzene rings is 1. The lowest BCUT2D eigenvalue weighted by atomic mass is 10.0. The maximum absolute atomic E-state index is 12.1. The lowest BCUT2D eigenvalue weighted by molar-refractivity contribution is -0.117. The maximum Gasteiger partial charge on any atom is 0.335 e. The first-order valence-corrected chi connectivity index (χ1v) is 6.60. The molecule has 0 aromatic heterocycles. The highest BCUT2D eigenvalue weighted by Gasteiger charge is 2.31. The van der Waals surface area contributed by atoms with Gasteiger partial charge in [0.05, 0.1) is 5.56 Å². The van der Waals surface area contributed by atoms with Gasteiger partial charge in [0.15, 0.2) is 0 Å².